The van der Waals surface area contributed by atoms with E-state index in [1.807, 2.05) is 0 Å². The first-order chi connectivity index (χ1) is 21.6. The summed E-state index contributed by atoms with van der Waals surface area (Å²) >= 11 is 6.42. The zero-order chi connectivity index (χ0) is 35.0. The monoisotopic (exact) mass is 673 g/mol. The van der Waals surface area contributed by atoms with Gasteiger partial charge in [0.25, 0.3) is 0 Å². The van der Waals surface area contributed by atoms with Crippen molar-refractivity contribution >= 4 is 69.4 Å². The fourth-order valence-electron chi connectivity index (χ4n) is 5.57. The van der Waals surface area contributed by atoms with Gasteiger partial charge in [-0.1, -0.05) is 30.0 Å². The molecular formula is C28H19B3ClF8N7. The van der Waals surface area contributed by atoms with Gasteiger partial charge in [-0.25, -0.2) is 19.6 Å². The van der Waals surface area contributed by atoms with Crippen LogP contribution in [0.4, 0.5) is 57.9 Å². The maximum absolute atomic E-state index is 14.5. The van der Waals surface area contributed by atoms with Crippen molar-refractivity contribution in [1.82, 2.24) is 10.7 Å². The molecule has 47 heavy (non-hydrogen) atoms. The molecule has 3 aromatic carbocycles. The Morgan fingerprint density at radius 2 is 1.68 bits per heavy atom. The molecule has 19 heteroatoms. The molecule has 2 heterocycles. The smallest absolute Gasteiger partial charge is 0.398 e. The summed E-state index contributed by atoms with van der Waals surface area (Å²) in [6, 6.07) is 4.14. The number of nitrogens with one attached hydrogen (secondary N) is 2. The van der Waals surface area contributed by atoms with Crippen molar-refractivity contribution < 1.29 is 35.1 Å². The molecule has 0 fully saturated rings. The highest BCUT2D eigenvalue weighted by Gasteiger charge is 2.46. The van der Waals surface area contributed by atoms with E-state index in [9.17, 15) is 35.1 Å². The van der Waals surface area contributed by atoms with Gasteiger partial charge < -0.3 is 26.3 Å². The van der Waals surface area contributed by atoms with Gasteiger partial charge in [-0.15, -0.1) is 0 Å². The highest BCUT2D eigenvalue weighted by molar-refractivity contribution is 6.61. The molecule has 1 unspecified atom stereocenters. The Labute approximate surface area is 271 Å². The standard InChI is InChI=1S/C28H19B3ClF8N7/c1-10-20-21(23(43-10)14-5-12(33)3-4-17(14)32)18(44-25(45-42)15-6-13(34)7-16(22(15)41)27(38,39)40)8-19-24(20)47(28(29,30)31)11(2)46(19)9-26(35,36)37/h3-8,23,43H,1-2,9,41-42H2,(H,44,45). The molecule has 1 atom stereocenters. The number of amidine groups is 1. The Morgan fingerprint density at radius 3 is 2.26 bits per heavy atom. The number of anilines is 3. The fourth-order valence-corrected chi connectivity index (χ4v) is 5.80. The second-order valence-electron chi connectivity index (χ2n) is 10.6. The second kappa shape index (κ2) is 11.4. The van der Waals surface area contributed by atoms with Gasteiger partial charge in [-0.3, -0.25) is 0 Å². The molecule has 2 aliphatic rings. The van der Waals surface area contributed by atoms with Crippen molar-refractivity contribution in [3.05, 3.63) is 99.9 Å². The Bertz CT molecular complexity index is 1860. The average molecular weight is 673 g/mol. The van der Waals surface area contributed by atoms with E-state index in [1.54, 1.807) is 0 Å². The topological polar surface area (TPSA) is 94.9 Å². The van der Waals surface area contributed by atoms with Crippen molar-refractivity contribution in [2.45, 2.75) is 23.6 Å². The van der Waals surface area contributed by atoms with Crippen LogP contribution in [0.1, 0.15) is 33.9 Å². The minimum Gasteiger partial charge on any atom is -0.398 e. The largest absolute Gasteiger partial charge is 0.418 e. The summed E-state index contributed by atoms with van der Waals surface area (Å²) in [6.07, 6.45) is -9.91. The van der Waals surface area contributed by atoms with Crippen LogP contribution in [0.5, 0.6) is 0 Å². The number of halogens is 9. The van der Waals surface area contributed by atoms with Crippen LogP contribution < -0.4 is 32.1 Å². The number of hydrogen-bond acceptors (Lipinski definition) is 6. The summed E-state index contributed by atoms with van der Waals surface area (Å²) in [6.45, 7) is 6.03. The number of nitrogen functional groups attached to an aromatic ring is 1. The Kier molecular flexibility index (Phi) is 8.28. The number of nitrogens with zero attached hydrogens (tertiary/aromatic N) is 3. The molecule has 0 aliphatic carbocycles. The molecule has 6 N–H and O–H groups in total. The van der Waals surface area contributed by atoms with E-state index in [4.69, 9.17) is 46.7 Å². The maximum atomic E-state index is 14.5. The van der Waals surface area contributed by atoms with Gasteiger partial charge in [-0.05, 0) is 36.4 Å². The average Bonchev–Trinajstić information content (AvgIpc) is 3.42. The van der Waals surface area contributed by atoms with Gasteiger partial charge in [0, 0.05) is 33.0 Å². The predicted molar refractivity (Wildman–Crippen MR) is 166 cm³/mol. The van der Waals surface area contributed by atoms with Gasteiger partial charge in [0.1, 0.15) is 29.8 Å². The number of fused-ring (bicyclic) bond motifs is 3. The maximum Gasteiger partial charge on any atom is 0.418 e. The van der Waals surface area contributed by atoms with Crippen LogP contribution in [0.15, 0.2) is 60.4 Å². The lowest BCUT2D eigenvalue weighted by atomic mass is 9.48. The number of hydrogen-bond donors (Lipinski definition) is 4. The van der Waals surface area contributed by atoms with E-state index in [1.165, 1.54) is 6.07 Å². The number of rotatable bonds is 5. The van der Waals surface area contributed by atoms with E-state index in [-0.39, 0.29) is 50.5 Å². The molecular weight excluding hydrogens is 654 g/mol. The molecule has 0 amide bonds. The lowest BCUT2D eigenvalue weighted by molar-refractivity contribution is -0.137. The number of nitrogens with two attached hydrogens (primary N) is 2. The summed E-state index contributed by atoms with van der Waals surface area (Å²) in [5, 5.41) is 0.679. The third-order valence-electron chi connectivity index (χ3n) is 7.36. The molecule has 2 aliphatic heterocycles. The van der Waals surface area contributed by atoms with Gasteiger partial charge in [0.2, 0.25) is 0 Å². The molecule has 238 valence electrons. The quantitative estimate of drug-likeness (QED) is 0.0567. The van der Waals surface area contributed by atoms with Crippen molar-refractivity contribution in [3.63, 3.8) is 0 Å². The van der Waals surface area contributed by atoms with Gasteiger partial charge in [0.05, 0.1) is 57.9 Å². The summed E-state index contributed by atoms with van der Waals surface area (Å²) < 4.78 is 112. The first kappa shape index (κ1) is 34.0. The second-order valence-corrected chi connectivity index (χ2v) is 11.0. The molecule has 0 spiro atoms. The first-order valence-corrected chi connectivity index (χ1v) is 13.6. The summed E-state index contributed by atoms with van der Waals surface area (Å²) in [4.78, 5) is 5.93. The normalized spacial score (nSPS) is 16.8. The van der Waals surface area contributed by atoms with Crippen LogP contribution in [0.2, 0.25) is 5.02 Å². The predicted octanol–water partition coefficient (Wildman–Crippen LogP) is 5.20. The molecule has 0 bridgehead atoms. The lowest BCUT2D eigenvalue weighted by Crippen LogP contribution is -2.51. The molecule has 0 saturated heterocycles. The van der Waals surface area contributed by atoms with Gasteiger partial charge >= 0.3 is 12.4 Å². The van der Waals surface area contributed by atoms with E-state index in [0.717, 1.165) is 23.1 Å². The lowest BCUT2D eigenvalue weighted by Gasteiger charge is -2.38. The summed E-state index contributed by atoms with van der Waals surface area (Å²) in [5.41, 5.74) is 4.28. The SMILES string of the molecule is [B]C([B])([B])N1C(=C)N(CC(F)(F)F)c2cc(N=C(NN)c3cc(F)cc(C(F)(F)F)c3N)c3c(c21)C(=C)NC3c1cc(F)ccc1Cl. The minimum absolute atomic E-state index is 0.0164. The molecule has 7 nitrogen and oxygen atoms in total. The Morgan fingerprint density at radius 1 is 1.02 bits per heavy atom. The first-order valence-electron chi connectivity index (χ1n) is 13.2. The summed E-state index contributed by atoms with van der Waals surface area (Å²) in [7, 11) is 18.0. The Hall–Kier alpha value is -4.31. The molecule has 5 rings (SSSR count). The van der Waals surface area contributed by atoms with Crippen LogP contribution in [-0.2, 0) is 6.18 Å². The highest BCUT2D eigenvalue weighted by atomic mass is 35.5. The van der Waals surface area contributed by atoms with Crippen LogP contribution in [0.25, 0.3) is 5.70 Å². The molecule has 6 radical (unpaired) electrons. The molecule has 0 aromatic heterocycles. The zero-order valence-electron chi connectivity index (χ0n) is 23.8. The van der Waals surface area contributed by atoms with Crippen LogP contribution in [-0.4, -0.2) is 47.3 Å². The number of hydrazine groups is 1. The van der Waals surface area contributed by atoms with Crippen LogP contribution >= 0.6 is 11.6 Å². The van der Waals surface area contributed by atoms with E-state index in [2.05, 4.69) is 28.9 Å². The third kappa shape index (κ3) is 6.11. The van der Waals surface area contributed by atoms with Crippen molar-refractivity contribution in [2.24, 2.45) is 10.8 Å². The van der Waals surface area contributed by atoms with Crippen molar-refractivity contribution in [3.8, 4) is 0 Å². The van der Waals surface area contributed by atoms with Gasteiger partial charge in [-0.2, -0.15) is 26.3 Å². The third-order valence-corrected chi connectivity index (χ3v) is 7.70. The van der Waals surface area contributed by atoms with Crippen molar-refractivity contribution in [1.29, 1.82) is 0 Å². The zero-order valence-corrected chi connectivity index (χ0v) is 24.5. The van der Waals surface area contributed by atoms with E-state index < -0.39 is 70.3 Å². The number of benzene rings is 3. The van der Waals surface area contributed by atoms with Crippen LogP contribution in [0.3, 0.4) is 0 Å². The molecule has 3 aromatic rings. The fraction of sp³-hybridized carbons (Fsp3) is 0.179. The Balaban J connectivity index is 1.89. The summed E-state index contributed by atoms with van der Waals surface area (Å²) in [5.74, 6) is 2.54. The highest BCUT2D eigenvalue weighted by Crippen LogP contribution is 2.56. The minimum atomic E-state index is -5.09. The van der Waals surface area contributed by atoms with E-state index >= 15 is 0 Å². The van der Waals surface area contributed by atoms with Gasteiger partial charge in [0.15, 0.2) is 0 Å². The molecule has 0 saturated carbocycles. The number of aliphatic imine (C=N–C) groups is 1. The van der Waals surface area contributed by atoms with Crippen LogP contribution in [0, 0.1) is 11.6 Å². The van der Waals surface area contributed by atoms with Crippen molar-refractivity contribution in [2.75, 3.05) is 22.1 Å². The van der Waals surface area contributed by atoms with E-state index in [0.29, 0.717) is 11.0 Å². The number of alkyl halides is 6.